The molecule has 2 N–H and O–H groups in total. The number of hydrogen-bond donors (Lipinski definition) is 2. The van der Waals surface area contributed by atoms with Gasteiger partial charge in [-0.3, -0.25) is 4.79 Å². The van der Waals surface area contributed by atoms with E-state index in [0.717, 1.165) is 71.6 Å². The second kappa shape index (κ2) is 10.0. The number of carboxylic acids is 1. The van der Waals surface area contributed by atoms with Crippen LogP contribution < -0.4 is 10.1 Å². The fourth-order valence-electron chi connectivity index (χ4n) is 6.18. The highest BCUT2D eigenvalue weighted by molar-refractivity contribution is 5.77. The van der Waals surface area contributed by atoms with Crippen molar-refractivity contribution >= 4 is 11.8 Å². The second-order valence-corrected chi connectivity index (χ2v) is 11.0. The average Bonchev–Trinajstić information content (AvgIpc) is 3.31. The van der Waals surface area contributed by atoms with Gasteiger partial charge in [0, 0.05) is 24.3 Å². The van der Waals surface area contributed by atoms with E-state index in [-0.39, 0.29) is 23.7 Å². The van der Waals surface area contributed by atoms with E-state index in [9.17, 15) is 9.90 Å². The van der Waals surface area contributed by atoms with Crippen LogP contribution in [0.15, 0.2) is 42.6 Å². The van der Waals surface area contributed by atoms with E-state index < -0.39 is 5.97 Å². The molecule has 2 fully saturated rings. The number of aryl methyl sites for hydroxylation is 2. The maximum Gasteiger partial charge on any atom is 0.307 e. The van der Waals surface area contributed by atoms with Crippen LogP contribution in [-0.4, -0.2) is 35.9 Å². The van der Waals surface area contributed by atoms with Crippen molar-refractivity contribution in [1.29, 1.82) is 0 Å². The molecule has 6 nitrogen and oxygen atoms in total. The minimum atomic E-state index is -0.752. The lowest BCUT2D eigenvalue weighted by Crippen LogP contribution is -2.12. The van der Waals surface area contributed by atoms with Crippen molar-refractivity contribution in [2.75, 3.05) is 25.1 Å². The summed E-state index contributed by atoms with van der Waals surface area (Å²) in [6, 6.07) is 11.3. The smallest absolute Gasteiger partial charge is 0.307 e. The van der Waals surface area contributed by atoms with Gasteiger partial charge in [0.2, 0.25) is 0 Å². The normalized spacial score (nSPS) is 23.8. The van der Waals surface area contributed by atoms with Crippen LogP contribution >= 0.6 is 0 Å². The number of nitrogens with zero attached hydrogens (tertiary/aromatic N) is 1. The summed E-state index contributed by atoms with van der Waals surface area (Å²) in [5.41, 5.74) is 7.14. The van der Waals surface area contributed by atoms with Gasteiger partial charge in [0.25, 0.3) is 0 Å². The van der Waals surface area contributed by atoms with Gasteiger partial charge in [0.05, 0.1) is 25.2 Å². The summed E-state index contributed by atoms with van der Waals surface area (Å²) in [6.45, 7) is 6.42. The minimum Gasteiger partial charge on any atom is -0.493 e. The van der Waals surface area contributed by atoms with E-state index in [1.807, 2.05) is 18.2 Å². The molecule has 1 saturated heterocycles. The second-order valence-electron chi connectivity index (χ2n) is 11.0. The standard InChI is InChI=1S/C31H33FN2O4/c1-17-11-21(38-16-19-9-10-37-15-19)12-18(2)29(17)22-4-6-26(32)30-23(22)5-7-27(30)34-28-8-3-20(14-33-28)24-13-25(24)31(35)36/h3-4,6,8,11-12,14,19,24-25,27H,5,7,9-10,13,15-16H2,1-2H3,(H,33,34)(H,35,36)/t19?,24-,25+,27-/m1/s1. The molecular weight excluding hydrogens is 483 g/mol. The predicted molar refractivity (Wildman–Crippen MR) is 143 cm³/mol. The molecule has 7 heteroatoms. The number of rotatable bonds is 8. The molecule has 1 aliphatic heterocycles. The quantitative estimate of drug-likeness (QED) is 0.371. The Morgan fingerprint density at radius 3 is 2.66 bits per heavy atom. The van der Waals surface area contributed by atoms with E-state index in [1.165, 1.54) is 0 Å². The van der Waals surface area contributed by atoms with Crippen molar-refractivity contribution in [1.82, 2.24) is 4.98 Å². The number of aromatic nitrogens is 1. The molecule has 6 rings (SSSR count). The monoisotopic (exact) mass is 516 g/mol. The zero-order valence-electron chi connectivity index (χ0n) is 21.8. The Morgan fingerprint density at radius 2 is 2.00 bits per heavy atom. The van der Waals surface area contributed by atoms with Crippen LogP contribution in [0, 0.1) is 31.5 Å². The zero-order valence-corrected chi connectivity index (χ0v) is 21.8. The van der Waals surface area contributed by atoms with E-state index in [4.69, 9.17) is 9.47 Å². The highest BCUT2D eigenvalue weighted by atomic mass is 19.1. The van der Waals surface area contributed by atoms with Crippen molar-refractivity contribution in [3.05, 3.63) is 76.2 Å². The average molecular weight is 517 g/mol. The van der Waals surface area contributed by atoms with E-state index >= 15 is 4.39 Å². The Kier molecular flexibility index (Phi) is 6.56. The summed E-state index contributed by atoms with van der Waals surface area (Å²) in [7, 11) is 0. The third-order valence-electron chi connectivity index (χ3n) is 8.26. The minimum absolute atomic E-state index is 0.0428. The third kappa shape index (κ3) is 4.75. The fourth-order valence-corrected chi connectivity index (χ4v) is 6.18. The van der Waals surface area contributed by atoms with Gasteiger partial charge >= 0.3 is 5.97 Å². The highest BCUT2D eigenvalue weighted by Crippen LogP contribution is 2.48. The van der Waals surface area contributed by atoms with Crippen LogP contribution in [-0.2, 0) is 16.0 Å². The molecule has 2 aromatic carbocycles. The first kappa shape index (κ1) is 24.9. The van der Waals surface area contributed by atoms with Crippen molar-refractivity contribution in [2.45, 2.75) is 51.5 Å². The van der Waals surface area contributed by atoms with Crippen molar-refractivity contribution in [3.8, 4) is 16.9 Å². The molecule has 38 heavy (non-hydrogen) atoms. The molecule has 0 radical (unpaired) electrons. The van der Waals surface area contributed by atoms with Crippen molar-refractivity contribution in [3.63, 3.8) is 0 Å². The number of anilines is 1. The van der Waals surface area contributed by atoms with E-state index in [0.29, 0.717) is 30.3 Å². The maximum atomic E-state index is 15.2. The molecule has 0 amide bonds. The Bertz CT molecular complexity index is 1340. The predicted octanol–water partition coefficient (Wildman–Crippen LogP) is 6.21. The topological polar surface area (TPSA) is 80.7 Å². The molecule has 2 heterocycles. The molecule has 1 unspecified atom stereocenters. The molecule has 0 spiro atoms. The Labute approximate surface area is 222 Å². The lowest BCUT2D eigenvalue weighted by molar-refractivity contribution is -0.138. The number of halogens is 1. The van der Waals surface area contributed by atoms with E-state index in [2.05, 4.69) is 36.3 Å². The van der Waals surface area contributed by atoms with Gasteiger partial charge in [0.1, 0.15) is 17.4 Å². The summed E-state index contributed by atoms with van der Waals surface area (Å²) in [5, 5.41) is 12.6. The summed E-state index contributed by atoms with van der Waals surface area (Å²) in [5.74, 6) is 0.765. The molecular formula is C31H33FN2O4. The number of nitrogens with one attached hydrogen (secondary N) is 1. The lowest BCUT2D eigenvalue weighted by Gasteiger charge is -2.19. The molecule has 4 atom stereocenters. The SMILES string of the molecule is Cc1cc(OCC2CCOC2)cc(C)c1-c1ccc(F)c2c1CC[C@H]2Nc1ccc([C@H]2C[C@@H]2C(=O)O)cn1. The number of carbonyl (C=O) groups is 1. The Hall–Kier alpha value is -3.45. The summed E-state index contributed by atoms with van der Waals surface area (Å²) >= 11 is 0. The third-order valence-corrected chi connectivity index (χ3v) is 8.26. The first-order chi connectivity index (χ1) is 18.4. The Morgan fingerprint density at radius 1 is 1.18 bits per heavy atom. The van der Waals surface area contributed by atoms with Gasteiger partial charge in [0.15, 0.2) is 0 Å². The zero-order chi connectivity index (χ0) is 26.4. The van der Waals surface area contributed by atoms with Crippen molar-refractivity contribution in [2.24, 2.45) is 11.8 Å². The molecule has 3 aliphatic rings. The highest BCUT2D eigenvalue weighted by Gasteiger charge is 2.44. The van der Waals surface area contributed by atoms with Gasteiger partial charge in [-0.2, -0.15) is 0 Å². The molecule has 1 aromatic heterocycles. The van der Waals surface area contributed by atoms with Crippen LogP contribution in [0.3, 0.4) is 0 Å². The van der Waals surface area contributed by atoms with E-state index in [1.54, 1.807) is 12.3 Å². The van der Waals surface area contributed by atoms with Gasteiger partial charge < -0.3 is 19.9 Å². The van der Waals surface area contributed by atoms with Gasteiger partial charge in [-0.15, -0.1) is 0 Å². The Balaban J connectivity index is 1.22. The fraction of sp³-hybridized carbons (Fsp3) is 0.419. The van der Waals surface area contributed by atoms with Crippen LogP contribution in [0.4, 0.5) is 10.2 Å². The molecule has 2 aliphatic carbocycles. The summed E-state index contributed by atoms with van der Waals surface area (Å²) in [4.78, 5) is 15.7. The van der Waals surface area contributed by atoms with Gasteiger partial charge in [-0.05, 0) is 103 Å². The number of fused-ring (bicyclic) bond motifs is 1. The number of aliphatic carboxylic acids is 1. The number of benzene rings is 2. The molecule has 198 valence electrons. The van der Waals surface area contributed by atoms with Gasteiger partial charge in [-0.25, -0.2) is 9.37 Å². The van der Waals surface area contributed by atoms with Crippen LogP contribution in [0.25, 0.3) is 11.1 Å². The number of carboxylic acid groups (broad SMARTS) is 1. The first-order valence-corrected chi connectivity index (χ1v) is 13.5. The largest absolute Gasteiger partial charge is 0.493 e. The number of hydrogen-bond acceptors (Lipinski definition) is 5. The van der Waals surface area contributed by atoms with Crippen LogP contribution in [0.1, 0.15) is 59.0 Å². The van der Waals surface area contributed by atoms with Crippen LogP contribution in [0.2, 0.25) is 0 Å². The molecule has 1 saturated carbocycles. The van der Waals surface area contributed by atoms with Gasteiger partial charge in [-0.1, -0.05) is 12.1 Å². The first-order valence-electron chi connectivity index (χ1n) is 13.5. The maximum absolute atomic E-state index is 15.2. The number of ether oxygens (including phenoxy) is 2. The molecule has 0 bridgehead atoms. The summed E-state index contributed by atoms with van der Waals surface area (Å²) in [6.07, 6.45) is 5.00. The van der Waals surface area contributed by atoms with Crippen molar-refractivity contribution < 1.29 is 23.8 Å². The lowest BCUT2D eigenvalue weighted by atomic mass is 9.90. The molecule has 3 aromatic rings. The number of pyridine rings is 1. The van der Waals surface area contributed by atoms with Crippen LogP contribution in [0.5, 0.6) is 5.75 Å². The summed E-state index contributed by atoms with van der Waals surface area (Å²) < 4.78 is 26.8.